The highest BCUT2D eigenvalue weighted by atomic mass is 16.5. The van der Waals surface area contributed by atoms with Gasteiger partial charge in [-0.15, -0.1) is 0 Å². The lowest BCUT2D eigenvalue weighted by atomic mass is 10.2. The number of fused-ring (bicyclic) bond motifs is 2. The summed E-state index contributed by atoms with van der Waals surface area (Å²) < 4.78 is 18.7. The van der Waals surface area contributed by atoms with Gasteiger partial charge in [0, 0.05) is 0 Å². The van der Waals surface area contributed by atoms with E-state index in [1.54, 1.807) is 31.5 Å². The molecule has 6 aromatic rings. The largest absolute Gasteiger partial charge is 0.496 e. The number of hydrogen-bond acceptors (Lipinski definition) is 6. The highest BCUT2D eigenvalue weighted by Crippen LogP contribution is 2.32. The van der Waals surface area contributed by atoms with Gasteiger partial charge >= 0.3 is 0 Å². The zero-order valence-electron chi connectivity index (χ0n) is 21.5. The molecular weight excluding hydrogens is 490 g/mol. The summed E-state index contributed by atoms with van der Waals surface area (Å²) in [5.74, 6) is 2.13. The maximum absolute atomic E-state index is 13.5. The van der Waals surface area contributed by atoms with E-state index in [0.717, 1.165) is 22.3 Å². The van der Waals surface area contributed by atoms with Crippen LogP contribution >= 0.6 is 0 Å². The third-order valence-corrected chi connectivity index (χ3v) is 6.44. The molecule has 0 N–H and O–H groups in total. The highest BCUT2D eigenvalue weighted by molar-refractivity contribution is 5.88. The second-order valence-electron chi connectivity index (χ2n) is 9.14. The summed E-state index contributed by atoms with van der Waals surface area (Å²) in [6.07, 6.45) is 1.62. The van der Waals surface area contributed by atoms with E-state index in [1.807, 2.05) is 54.6 Å². The Balaban J connectivity index is 1.33. The van der Waals surface area contributed by atoms with Crippen LogP contribution in [0, 0.1) is 6.92 Å². The summed E-state index contributed by atoms with van der Waals surface area (Å²) >= 11 is 0. The number of aryl methyl sites for hydroxylation is 1. The van der Waals surface area contributed by atoms with Crippen molar-refractivity contribution in [3.8, 4) is 23.1 Å². The number of rotatable bonds is 7. The van der Waals surface area contributed by atoms with Crippen LogP contribution in [0.2, 0.25) is 0 Å². The first-order chi connectivity index (χ1) is 19.1. The van der Waals surface area contributed by atoms with Crippen molar-refractivity contribution in [1.82, 2.24) is 9.66 Å². The molecule has 0 unspecified atom stereocenters. The van der Waals surface area contributed by atoms with Gasteiger partial charge in [0.2, 0.25) is 5.82 Å². The Labute approximate surface area is 224 Å². The number of methoxy groups -OCH3 is 1. The number of benzene rings is 4. The lowest BCUT2D eigenvalue weighted by Crippen LogP contribution is -2.20. The maximum Gasteiger partial charge on any atom is 0.282 e. The average Bonchev–Trinajstić information content (AvgIpc) is 3.41. The van der Waals surface area contributed by atoms with Crippen molar-refractivity contribution in [2.75, 3.05) is 7.11 Å². The quantitative estimate of drug-likeness (QED) is 0.224. The number of aromatic nitrogens is 2. The van der Waals surface area contributed by atoms with Gasteiger partial charge in [0.25, 0.3) is 5.56 Å². The second-order valence-corrected chi connectivity index (χ2v) is 9.14. The Hall–Kier alpha value is -5.17. The fourth-order valence-electron chi connectivity index (χ4n) is 4.34. The molecule has 2 heterocycles. The minimum absolute atomic E-state index is 0.294. The molecule has 0 radical (unpaired) electrons. The Morgan fingerprint density at radius 3 is 2.51 bits per heavy atom. The molecule has 0 aliphatic rings. The van der Waals surface area contributed by atoms with Crippen LogP contribution < -0.4 is 15.0 Å². The molecule has 0 aliphatic carbocycles. The molecule has 7 heteroatoms. The van der Waals surface area contributed by atoms with Gasteiger partial charge in [0.1, 0.15) is 23.7 Å². The van der Waals surface area contributed by atoms with Gasteiger partial charge in [0.15, 0.2) is 5.76 Å². The first-order valence-electron chi connectivity index (χ1n) is 12.5. The zero-order valence-corrected chi connectivity index (χ0v) is 21.5. The number of ether oxygens (including phenoxy) is 2. The van der Waals surface area contributed by atoms with Crippen LogP contribution in [-0.4, -0.2) is 23.0 Å². The van der Waals surface area contributed by atoms with E-state index in [-0.39, 0.29) is 5.56 Å². The molecule has 0 aliphatic heterocycles. The molecule has 0 bridgehead atoms. The second kappa shape index (κ2) is 10.3. The van der Waals surface area contributed by atoms with Gasteiger partial charge in [0.05, 0.1) is 29.6 Å². The first kappa shape index (κ1) is 24.2. The SMILES string of the molecule is COc1cccc2oc(-c3nc4ccccc4c(=O)n3N=Cc3ccc(OCc4ccc(C)cc4)cc3)cc12. The Bertz CT molecular complexity index is 1870. The van der Waals surface area contributed by atoms with Crippen LogP contribution in [0.5, 0.6) is 11.5 Å². The lowest BCUT2D eigenvalue weighted by Gasteiger charge is -2.08. The molecule has 0 saturated heterocycles. The summed E-state index contributed by atoms with van der Waals surface area (Å²) in [7, 11) is 1.61. The minimum atomic E-state index is -0.294. The molecule has 0 saturated carbocycles. The van der Waals surface area contributed by atoms with Crippen molar-refractivity contribution >= 4 is 28.1 Å². The van der Waals surface area contributed by atoms with Crippen LogP contribution in [0.3, 0.4) is 0 Å². The normalized spacial score (nSPS) is 11.4. The van der Waals surface area contributed by atoms with Gasteiger partial charge in [-0.1, -0.05) is 48.0 Å². The number of para-hydroxylation sites is 1. The van der Waals surface area contributed by atoms with E-state index >= 15 is 0 Å². The number of hydrogen-bond donors (Lipinski definition) is 0. The lowest BCUT2D eigenvalue weighted by molar-refractivity contribution is 0.306. The molecule has 0 atom stereocenters. The summed E-state index contributed by atoms with van der Waals surface area (Å²) in [5.41, 5.74) is 4.01. The Kier molecular flexibility index (Phi) is 6.39. The average molecular weight is 516 g/mol. The van der Waals surface area contributed by atoms with E-state index in [2.05, 4.69) is 36.3 Å². The molecule has 192 valence electrons. The van der Waals surface area contributed by atoms with E-state index in [4.69, 9.17) is 18.9 Å². The topological polar surface area (TPSA) is 78.9 Å². The third-order valence-electron chi connectivity index (χ3n) is 6.44. The smallest absolute Gasteiger partial charge is 0.282 e. The van der Waals surface area contributed by atoms with Crippen LogP contribution in [-0.2, 0) is 6.61 Å². The fourth-order valence-corrected chi connectivity index (χ4v) is 4.34. The van der Waals surface area contributed by atoms with Crippen molar-refractivity contribution in [1.29, 1.82) is 0 Å². The third kappa shape index (κ3) is 4.90. The molecule has 0 fully saturated rings. The molecule has 0 amide bonds. The fraction of sp³-hybridized carbons (Fsp3) is 0.0938. The summed E-state index contributed by atoms with van der Waals surface area (Å²) in [6, 6.07) is 30.3. The standard InChI is InChI=1S/C32H25N3O4/c1-21-10-12-23(13-11-21)20-38-24-16-14-22(15-17-24)19-33-35-31(34-27-7-4-3-6-25(27)32(35)36)30-18-26-28(37-2)8-5-9-29(26)39-30/h3-19H,20H2,1-2H3. The molecule has 0 spiro atoms. The van der Waals surface area contributed by atoms with Gasteiger partial charge in [-0.3, -0.25) is 4.79 Å². The molecule has 2 aromatic heterocycles. The van der Waals surface area contributed by atoms with E-state index < -0.39 is 0 Å². The van der Waals surface area contributed by atoms with Gasteiger partial charge in [-0.05, 0) is 72.6 Å². The Morgan fingerprint density at radius 2 is 1.72 bits per heavy atom. The molecule has 39 heavy (non-hydrogen) atoms. The van der Waals surface area contributed by atoms with Crippen molar-refractivity contribution in [2.45, 2.75) is 13.5 Å². The predicted molar refractivity (Wildman–Crippen MR) is 153 cm³/mol. The van der Waals surface area contributed by atoms with Crippen LogP contribution in [0.15, 0.2) is 111 Å². The molecule has 6 rings (SSSR count). The van der Waals surface area contributed by atoms with E-state index in [1.165, 1.54) is 10.2 Å². The Morgan fingerprint density at radius 1 is 0.923 bits per heavy atom. The summed E-state index contributed by atoms with van der Waals surface area (Å²) in [5, 5.41) is 5.78. The van der Waals surface area contributed by atoms with Crippen molar-refractivity contribution in [3.63, 3.8) is 0 Å². The molecule has 7 nitrogen and oxygen atoms in total. The van der Waals surface area contributed by atoms with Gasteiger partial charge in [-0.2, -0.15) is 9.78 Å². The van der Waals surface area contributed by atoms with Crippen molar-refractivity contribution < 1.29 is 13.9 Å². The van der Waals surface area contributed by atoms with Crippen LogP contribution in [0.1, 0.15) is 16.7 Å². The van der Waals surface area contributed by atoms with E-state index in [9.17, 15) is 4.79 Å². The number of nitrogens with zero attached hydrogens (tertiary/aromatic N) is 3. The van der Waals surface area contributed by atoms with Crippen LogP contribution in [0.25, 0.3) is 33.5 Å². The summed E-state index contributed by atoms with van der Waals surface area (Å²) in [4.78, 5) is 18.2. The monoisotopic (exact) mass is 515 g/mol. The number of furan rings is 1. The minimum Gasteiger partial charge on any atom is -0.496 e. The maximum atomic E-state index is 13.5. The highest BCUT2D eigenvalue weighted by Gasteiger charge is 2.17. The first-order valence-corrected chi connectivity index (χ1v) is 12.5. The van der Waals surface area contributed by atoms with E-state index in [0.29, 0.717) is 40.4 Å². The van der Waals surface area contributed by atoms with Crippen molar-refractivity contribution in [3.05, 3.63) is 124 Å². The molecule has 4 aromatic carbocycles. The molecular formula is C32H25N3O4. The van der Waals surface area contributed by atoms with Crippen molar-refractivity contribution in [2.24, 2.45) is 5.10 Å². The zero-order chi connectivity index (χ0) is 26.8. The van der Waals surface area contributed by atoms with Gasteiger partial charge < -0.3 is 13.9 Å². The van der Waals surface area contributed by atoms with Crippen LogP contribution in [0.4, 0.5) is 0 Å². The predicted octanol–water partition coefficient (Wildman–Crippen LogP) is 6.59. The summed E-state index contributed by atoms with van der Waals surface area (Å²) in [6.45, 7) is 2.54. The van der Waals surface area contributed by atoms with Gasteiger partial charge in [-0.25, -0.2) is 4.98 Å².